The number of nitrogens with zero attached hydrogens (tertiary/aromatic N) is 1. The fourth-order valence-electron chi connectivity index (χ4n) is 3.63. The average Bonchev–Trinajstić information content (AvgIpc) is 3.44. The normalized spacial score (nSPS) is 11.1. The second-order valence-electron chi connectivity index (χ2n) is 8.46. The fourth-order valence-corrected chi connectivity index (χ4v) is 4.77. The van der Waals surface area contributed by atoms with Crippen LogP contribution in [0.1, 0.15) is 39.0 Å². The Hall–Kier alpha value is -4.40. The number of amides is 1. The van der Waals surface area contributed by atoms with Gasteiger partial charge in [-0.25, -0.2) is 26.3 Å². The molecule has 0 fully saturated rings. The average molecular weight is 553 g/mol. The molecule has 1 heterocycles. The van der Waals surface area contributed by atoms with Crippen LogP contribution >= 0.6 is 0 Å². The van der Waals surface area contributed by atoms with Crippen molar-refractivity contribution in [3.05, 3.63) is 118 Å². The minimum atomic E-state index is -4.31. The summed E-state index contributed by atoms with van der Waals surface area (Å²) in [6.07, 6.45) is 4.82. The molecular formula is C28H23F3N4O3S. The minimum absolute atomic E-state index is 0.0214. The van der Waals surface area contributed by atoms with Crippen molar-refractivity contribution in [2.75, 3.05) is 6.54 Å². The molecule has 7 nitrogen and oxygen atoms in total. The van der Waals surface area contributed by atoms with Gasteiger partial charge in [0.15, 0.2) is 0 Å². The zero-order valence-electron chi connectivity index (χ0n) is 20.5. The summed E-state index contributed by atoms with van der Waals surface area (Å²) in [6.45, 7) is -0.263. The molecule has 0 aliphatic rings. The Kier molecular flexibility index (Phi) is 8.81. The third kappa shape index (κ3) is 7.34. The van der Waals surface area contributed by atoms with Crippen LogP contribution in [0.3, 0.4) is 0 Å². The predicted molar refractivity (Wildman–Crippen MR) is 138 cm³/mol. The van der Waals surface area contributed by atoms with Crippen LogP contribution in [-0.2, 0) is 23.0 Å². The van der Waals surface area contributed by atoms with E-state index in [1.165, 1.54) is 48.5 Å². The Morgan fingerprint density at radius 1 is 0.974 bits per heavy atom. The van der Waals surface area contributed by atoms with Gasteiger partial charge in [0.2, 0.25) is 10.0 Å². The predicted octanol–water partition coefficient (Wildman–Crippen LogP) is 4.07. The van der Waals surface area contributed by atoms with Crippen LogP contribution in [0.25, 0.3) is 0 Å². The van der Waals surface area contributed by atoms with Gasteiger partial charge in [0.05, 0.1) is 11.1 Å². The molecule has 1 amide bonds. The molecule has 3 aromatic carbocycles. The number of hydrogen-bond acceptors (Lipinski definition) is 4. The number of benzene rings is 3. The Bertz CT molecular complexity index is 1610. The first kappa shape index (κ1) is 27.6. The highest BCUT2D eigenvalue weighted by atomic mass is 32.2. The number of aryl methyl sites for hydroxylation is 1. The second-order valence-corrected chi connectivity index (χ2v) is 10.2. The zero-order chi connectivity index (χ0) is 27.8. The Morgan fingerprint density at radius 2 is 1.72 bits per heavy atom. The number of nitrogens with one attached hydrogen (secondary N) is 3. The summed E-state index contributed by atoms with van der Waals surface area (Å²) in [5.74, 6) is 2.80. The number of H-pyrrole nitrogens is 1. The third-order valence-electron chi connectivity index (χ3n) is 5.70. The topological polar surface area (TPSA) is 104 Å². The molecule has 39 heavy (non-hydrogen) atoms. The molecule has 0 radical (unpaired) electrons. The molecule has 200 valence electrons. The molecule has 0 aliphatic heterocycles. The first-order chi connectivity index (χ1) is 18.7. The van der Waals surface area contributed by atoms with Crippen LogP contribution in [0.4, 0.5) is 13.2 Å². The van der Waals surface area contributed by atoms with E-state index in [-0.39, 0.29) is 16.0 Å². The van der Waals surface area contributed by atoms with Gasteiger partial charge < -0.3 is 5.32 Å². The third-order valence-corrected chi connectivity index (χ3v) is 7.16. The minimum Gasteiger partial charge on any atom is -0.352 e. The van der Waals surface area contributed by atoms with Crippen molar-refractivity contribution < 1.29 is 26.4 Å². The molecule has 3 N–H and O–H groups in total. The van der Waals surface area contributed by atoms with E-state index < -0.39 is 45.5 Å². The number of aromatic amines is 1. The van der Waals surface area contributed by atoms with Gasteiger partial charge in [0.25, 0.3) is 5.91 Å². The van der Waals surface area contributed by atoms with Crippen LogP contribution in [0.5, 0.6) is 0 Å². The number of halogens is 3. The smallest absolute Gasteiger partial charge is 0.251 e. The molecule has 11 heteroatoms. The number of hydrogen-bond donors (Lipinski definition) is 3. The maximum Gasteiger partial charge on any atom is 0.251 e. The largest absolute Gasteiger partial charge is 0.352 e. The van der Waals surface area contributed by atoms with Crippen molar-refractivity contribution in [1.82, 2.24) is 20.2 Å². The lowest BCUT2D eigenvalue weighted by atomic mass is 10.1. The standard InChI is InChI=1S/C28H23F3N4O3S/c29-23-11-7-19(8-12-23)6-9-21-15-22(28(36)32-14-2-3-20-16-33-34-17-20)10-13-27(21)39(37,38)35-18-24-25(30)4-1-5-26(24)31/h1,4-5,7-8,10-13,15-17,35H,2-3,14,18H2,(H,32,36)(H,33,34). The van der Waals surface area contributed by atoms with Crippen molar-refractivity contribution in [1.29, 1.82) is 0 Å². The molecule has 0 spiro atoms. The molecule has 0 bridgehead atoms. The fraction of sp³-hybridized carbons (Fsp3) is 0.143. The van der Waals surface area contributed by atoms with Crippen molar-refractivity contribution >= 4 is 15.9 Å². The first-order valence-electron chi connectivity index (χ1n) is 11.8. The van der Waals surface area contributed by atoms with Crippen molar-refractivity contribution in [3.63, 3.8) is 0 Å². The maximum atomic E-state index is 14.0. The maximum absolute atomic E-state index is 14.0. The van der Waals surface area contributed by atoms with Gasteiger partial charge in [0.1, 0.15) is 17.5 Å². The SMILES string of the molecule is O=C(NCCCc1cn[nH]c1)c1ccc(S(=O)(=O)NCc2c(F)cccc2F)c(C#Cc2ccc(F)cc2)c1. The van der Waals surface area contributed by atoms with E-state index in [4.69, 9.17) is 0 Å². The van der Waals surface area contributed by atoms with Gasteiger partial charge in [-0.05, 0) is 73.0 Å². The highest BCUT2D eigenvalue weighted by Gasteiger charge is 2.21. The van der Waals surface area contributed by atoms with Crippen LogP contribution in [-0.4, -0.2) is 31.1 Å². The highest BCUT2D eigenvalue weighted by molar-refractivity contribution is 7.89. The van der Waals surface area contributed by atoms with E-state index in [0.717, 1.165) is 17.7 Å². The number of carbonyl (C=O) groups is 1. The van der Waals surface area contributed by atoms with Gasteiger partial charge in [-0.3, -0.25) is 9.89 Å². The van der Waals surface area contributed by atoms with Gasteiger partial charge >= 0.3 is 0 Å². The summed E-state index contributed by atoms with van der Waals surface area (Å²) in [5.41, 5.74) is 1.12. The molecular weight excluding hydrogens is 529 g/mol. The van der Waals surface area contributed by atoms with Crippen molar-refractivity contribution in [3.8, 4) is 11.8 Å². The monoisotopic (exact) mass is 552 g/mol. The quantitative estimate of drug-likeness (QED) is 0.215. The first-order valence-corrected chi connectivity index (χ1v) is 13.3. The van der Waals surface area contributed by atoms with E-state index in [2.05, 4.69) is 32.1 Å². The molecule has 4 aromatic rings. The zero-order valence-corrected chi connectivity index (χ0v) is 21.3. The summed E-state index contributed by atoms with van der Waals surface area (Å²) in [7, 11) is -4.31. The molecule has 0 atom stereocenters. The van der Waals surface area contributed by atoms with Crippen LogP contribution < -0.4 is 10.0 Å². The number of aromatic nitrogens is 2. The summed E-state index contributed by atoms with van der Waals surface area (Å²) in [6, 6.07) is 12.3. The lowest BCUT2D eigenvalue weighted by Gasteiger charge is -2.12. The lowest BCUT2D eigenvalue weighted by molar-refractivity contribution is 0.0953. The molecule has 1 aromatic heterocycles. The van der Waals surface area contributed by atoms with Crippen molar-refractivity contribution in [2.45, 2.75) is 24.3 Å². The molecule has 0 saturated carbocycles. The second kappa shape index (κ2) is 12.4. The summed E-state index contributed by atoms with van der Waals surface area (Å²) in [4.78, 5) is 12.5. The van der Waals surface area contributed by atoms with E-state index in [9.17, 15) is 26.4 Å². The molecule has 4 rings (SSSR count). The lowest BCUT2D eigenvalue weighted by Crippen LogP contribution is -2.27. The Labute approximate surface area is 223 Å². The summed E-state index contributed by atoms with van der Waals surface area (Å²) >= 11 is 0. The summed E-state index contributed by atoms with van der Waals surface area (Å²) < 4.78 is 69.7. The van der Waals surface area contributed by atoms with Gasteiger partial charge in [-0.1, -0.05) is 17.9 Å². The van der Waals surface area contributed by atoms with Crippen LogP contribution in [0, 0.1) is 29.3 Å². The molecule has 0 unspecified atom stereocenters. The van der Waals surface area contributed by atoms with Crippen molar-refractivity contribution in [2.24, 2.45) is 0 Å². The number of rotatable bonds is 9. The van der Waals surface area contributed by atoms with E-state index in [1.54, 1.807) is 12.4 Å². The number of carbonyl (C=O) groups excluding carboxylic acids is 1. The van der Waals surface area contributed by atoms with Crippen LogP contribution in [0.2, 0.25) is 0 Å². The molecule has 0 saturated heterocycles. The van der Waals surface area contributed by atoms with Crippen LogP contribution in [0.15, 0.2) is 78.0 Å². The Morgan fingerprint density at radius 3 is 2.41 bits per heavy atom. The van der Waals surface area contributed by atoms with E-state index >= 15 is 0 Å². The molecule has 0 aliphatic carbocycles. The van der Waals surface area contributed by atoms with Gasteiger partial charge in [-0.15, -0.1) is 0 Å². The highest BCUT2D eigenvalue weighted by Crippen LogP contribution is 2.19. The summed E-state index contributed by atoms with van der Waals surface area (Å²) in [5, 5.41) is 9.37. The van der Waals surface area contributed by atoms with Gasteiger partial charge in [0, 0.05) is 41.5 Å². The number of sulfonamides is 1. The van der Waals surface area contributed by atoms with Gasteiger partial charge in [-0.2, -0.15) is 5.10 Å². The van der Waals surface area contributed by atoms with E-state index in [1.807, 2.05) is 0 Å². The Balaban J connectivity index is 1.57. The van der Waals surface area contributed by atoms with E-state index in [0.29, 0.717) is 24.9 Å².